The molecule has 1 aromatic carbocycles. The summed E-state index contributed by atoms with van der Waals surface area (Å²) in [5.74, 6) is 1.61. The number of pyridine rings is 1. The fraction of sp³-hybridized carbons (Fsp3) is 0.483. The molecule has 1 N–H and O–H groups in total. The fourth-order valence-electron chi connectivity index (χ4n) is 5.36. The third-order valence-corrected chi connectivity index (χ3v) is 8.04. The Morgan fingerprint density at radius 3 is 2.65 bits per heavy atom. The molecular formula is C29H33ClN6O4. The Balaban J connectivity index is 1.40. The van der Waals surface area contributed by atoms with Gasteiger partial charge in [0.25, 0.3) is 5.56 Å². The number of fused-ring (bicyclic) bond motifs is 1. The van der Waals surface area contributed by atoms with Crippen molar-refractivity contribution in [2.45, 2.75) is 64.6 Å². The van der Waals surface area contributed by atoms with Crippen molar-refractivity contribution in [2.24, 2.45) is 5.92 Å². The summed E-state index contributed by atoms with van der Waals surface area (Å²) in [6, 6.07) is 7.48. The number of hydrogen-bond donors (Lipinski definition) is 1. The number of aryl methyl sites for hydroxylation is 1. The predicted octanol–water partition coefficient (Wildman–Crippen LogP) is 5.27. The summed E-state index contributed by atoms with van der Waals surface area (Å²) in [5, 5.41) is 8.59. The van der Waals surface area contributed by atoms with Crippen LogP contribution in [-0.4, -0.2) is 56.1 Å². The summed E-state index contributed by atoms with van der Waals surface area (Å²) in [7, 11) is 0. The molecule has 4 aromatic rings. The first-order valence-electron chi connectivity index (χ1n) is 13.8. The molecule has 0 saturated carbocycles. The minimum atomic E-state index is -0.155. The van der Waals surface area contributed by atoms with Crippen LogP contribution in [0.1, 0.15) is 45.4 Å². The van der Waals surface area contributed by atoms with E-state index in [1.165, 1.54) is 0 Å². The molecule has 1 atom stereocenters. The van der Waals surface area contributed by atoms with Crippen molar-refractivity contribution in [3.05, 3.63) is 51.7 Å². The summed E-state index contributed by atoms with van der Waals surface area (Å²) in [6.45, 7) is 8.44. The van der Waals surface area contributed by atoms with Crippen LogP contribution in [0.15, 0.2) is 39.8 Å². The quantitative estimate of drug-likeness (QED) is 0.334. The molecule has 0 bridgehead atoms. The van der Waals surface area contributed by atoms with Crippen molar-refractivity contribution in [3.8, 4) is 22.5 Å². The second-order valence-electron chi connectivity index (χ2n) is 11.3. The van der Waals surface area contributed by atoms with E-state index in [1.807, 2.05) is 18.2 Å². The maximum atomic E-state index is 14.1. The standard InChI is InChI=1S/C29H33ClN6O4/c1-17-32-25(35-40-17)19-4-5-22(24(30)13-19)23-12-20-14-31-28(33-21-7-10-38-11-8-21)34-26(20)36(27(23)37)15-18-6-9-29(2,3)39-16-18/h4-5,12-14,18,21H,6-11,15-16H2,1-3H3,(H,31,33,34). The van der Waals surface area contributed by atoms with Gasteiger partial charge in [0.15, 0.2) is 0 Å². The molecule has 40 heavy (non-hydrogen) atoms. The van der Waals surface area contributed by atoms with E-state index in [0.717, 1.165) is 31.1 Å². The number of benzene rings is 1. The summed E-state index contributed by atoms with van der Waals surface area (Å²) in [5.41, 5.74) is 2.11. The first-order chi connectivity index (χ1) is 19.3. The van der Waals surface area contributed by atoms with Crippen LogP contribution in [0.4, 0.5) is 5.95 Å². The molecule has 0 spiro atoms. The molecule has 0 amide bonds. The summed E-state index contributed by atoms with van der Waals surface area (Å²) < 4.78 is 18.5. The third kappa shape index (κ3) is 5.61. The van der Waals surface area contributed by atoms with Crippen molar-refractivity contribution in [3.63, 3.8) is 0 Å². The van der Waals surface area contributed by atoms with E-state index in [4.69, 9.17) is 30.6 Å². The molecule has 0 radical (unpaired) electrons. The predicted molar refractivity (Wildman–Crippen MR) is 152 cm³/mol. The number of ether oxygens (including phenoxy) is 2. The average Bonchev–Trinajstić information content (AvgIpc) is 3.38. The average molecular weight is 565 g/mol. The van der Waals surface area contributed by atoms with Gasteiger partial charge >= 0.3 is 0 Å². The van der Waals surface area contributed by atoms with E-state index in [-0.39, 0.29) is 23.1 Å². The Morgan fingerprint density at radius 1 is 1.12 bits per heavy atom. The molecule has 0 aliphatic carbocycles. The van der Waals surface area contributed by atoms with Gasteiger partial charge in [0.1, 0.15) is 5.65 Å². The zero-order valence-electron chi connectivity index (χ0n) is 22.9. The van der Waals surface area contributed by atoms with Crippen LogP contribution >= 0.6 is 11.6 Å². The lowest BCUT2D eigenvalue weighted by Crippen LogP contribution is -2.37. The van der Waals surface area contributed by atoms with Gasteiger partial charge in [0, 0.05) is 71.9 Å². The van der Waals surface area contributed by atoms with Crippen LogP contribution in [0.5, 0.6) is 0 Å². The highest BCUT2D eigenvalue weighted by Crippen LogP contribution is 2.33. The Bertz CT molecular complexity index is 1580. The molecule has 11 heteroatoms. The van der Waals surface area contributed by atoms with Gasteiger partial charge < -0.3 is 19.3 Å². The molecule has 2 aliphatic rings. The second kappa shape index (κ2) is 10.9. The maximum Gasteiger partial charge on any atom is 0.260 e. The van der Waals surface area contributed by atoms with Gasteiger partial charge in [-0.15, -0.1) is 0 Å². The van der Waals surface area contributed by atoms with Gasteiger partial charge in [-0.25, -0.2) is 4.98 Å². The SMILES string of the molecule is Cc1nc(-c2ccc(-c3cc4cnc(NC5CCOCC5)nc4n(CC4CCC(C)(C)OC4)c3=O)c(Cl)c2)no1. The summed E-state index contributed by atoms with van der Waals surface area (Å²) in [6.07, 6.45) is 5.44. The van der Waals surface area contributed by atoms with E-state index in [0.29, 0.717) is 71.4 Å². The van der Waals surface area contributed by atoms with Crippen molar-refractivity contribution in [2.75, 3.05) is 25.1 Å². The topological polar surface area (TPSA) is 117 Å². The summed E-state index contributed by atoms with van der Waals surface area (Å²) in [4.78, 5) is 27.8. The van der Waals surface area contributed by atoms with Gasteiger partial charge in [-0.2, -0.15) is 9.97 Å². The maximum absolute atomic E-state index is 14.1. The highest BCUT2D eigenvalue weighted by atomic mass is 35.5. The van der Waals surface area contributed by atoms with E-state index >= 15 is 0 Å². The van der Waals surface area contributed by atoms with Gasteiger partial charge in [0.05, 0.1) is 12.2 Å². The molecule has 10 nitrogen and oxygen atoms in total. The smallest absolute Gasteiger partial charge is 0.260 e. The number of nitrogens with one attached hydrogen (secondary N) is 1. The minimum Gasteiger partial charge on any atom is -0.381 e. The summed E-state index contributed by atoms with van der Waals surface area (Å²) >= 11 is 6.75. The third-order valence-electron chi connectivity index (χ3n) is 7.73. The highest BCUT2D eigenvalue weighted by Gasteiger charge is 2.29. The number of anilines is 1. The molecule has 1 unspecified atom stereocenters. The molecule has 2 saturated heterocycles. The first-order valence-corrected chi connectivity index (χ1v) is 14.1. The van der Waals surface area contributed by atoms with Crippen molar-refractivity contribution < 1.29 is 14.0 Å². The van der Waals surface area contributed by atoms with Crippen molar-refractivity contribution >= 4 is 28.6 Å². The van der Waals surface area contributed by atoms with E-state index < -0.39 is 0 Å². The Morgan fingerprint density at radius 2 is 1.95 bits per heavy atom. The van der Waals surface area contributed by atoms with Crippen molar-refractivity contribution in [1.29, 1.82) is 0 Å². The Kier molecular flexibility index (Phi) is 7.33. The van der Waals surface area contributed by atoms with E-state index in [9.17, 15) is 4.79 Å². The van der Waals surface area contributed by atoms with Gasteiger partial charge in [-0.1, -0.05) is 28.9 Å². The van der Waals surface area contributed by atoms with Crippen LogP contribution in [-0.2, 0) is 16.0 Å². The molecule has 3 aromatic heterocycles. The Hall–Kier alpha value is -3.34. The number of aromatic nitrogens is 5. The first kappa shape index (κ1) is 26.9. The van der Waals surface area contributed by atoms with Crippen LogP contribution in [0.2, 0.25) is 5.02 Å². The number of halogens is 1. The number of hydrogen-bond acceptors (Lipinski definition) is 9. The zero-order chi connectivity index (χ0) is 27.9. The molecular weight excluding hydrogens is 532 g/mol. The van der Waals surface area contributed by atoms with E-state index in [2.05, 4.69) is 34.3 Å². The van der Waals surface area contributed by atoms with E-state index in [1.54, 1.807) is 23.8 Å². The molecule has 210 valence electrons. The largest absolute Gasteiger partial charge is 0.381 e. The number of rotatable bonds is 6. The molecule has 2 aliphatic heterocycles. The molecule has 2 fully saturated rings. The number of nitrogens with zero attached hydrogens (tertiary/aromatic N) is 5. The highest BCUT2D eigenvalue weighted by molar-refractivity contribution is 6.33. The van der Waals surface area contributed by atoms with Gasteiger partial charge in [-0.05, 0) is 51.7 Å². The van der Waals surface area contributed by atoms with Crippen LogP contribution < -0.4 is 10.9 Å². The monoisotopic (exact) mass is 564 g/mol. The molecule has 5 heterocycles. The Labute approximate surface area is 237 Å². The van der Waals surface area contributed by atoms with Gasteiger partial charge in [-0.3, -0.25) is 9.36 Å². The lowest BCUT2D eigenvalue weighted by Gasteiger charge is -2.35. The second-order valence-corrected chi connectivity index (χ2v) is 11.7. The minimum absolute atomic E-state index is 0.152. The normalized spacial score (nSPS) is 19.6. The van der Waals surface area contributed by atoms with Crippen LogP contribution in [0.25, 0.3) is 33.5 Å². The lowest BCUT2D eigenvalue weighted by atomic mass is 9.91. The van der Waals surface area contributed by atoms with Gasteiger partial charge in [0.2, 0.25) is 17.7 Å². The van der Waals surface area contributed by atoms with Crippen molar-refractivity contribution in [1.82, 2.24) is 24.7 Å². The lowest BCUT2D eigenvalue weighted by molar-refractivity contribution is -0.0792. The molecule has 6 rings (SSSR count). The zero-order valence-corrected chi connectivity index (χ0v) is 23.7. The van der Waals surface area contributed by atoms with Crippen LogP contribution in [0.3, 0.4) is 0 Å². The van der Waals surface area contributed by atoms with Crippen LogP contribution in [0, 0.1) is 12.8 Å². The fourth-order valence-corrected chi connectivity index (χ4v) is 5.64.